The second kappa shape index (κ2) is 6.00. The Morgan fingerprint density at radius 3 is 2.42 bits per heavy atom. The van der Waals surface area contributed by atoms with Crippen LogP contribution in [0.3, 0.4) is 0 Å². The monoisotopic (exact) mass is 316 g/mol. The molecule has 0 amide bonds. The van der Waals surface area contributed by atoms with Gasteiger partial charge in [0, 0.05) is 16.9 Å². The molecule has 24 heavy (non-hydrogen) atoms. The minimum atomic E-state index is 0.791. The first kappa shape index (κ1) is 14.8. The summed E-state index contributed by atoms with van der Waals surface area (Å²) >= 11 is 0. The molecule has 120 valence electrons. The number of aromatic nitrogens is 1. The number of oxime groups is 1. The molecule has 2 aromatic carbocycles. The lowest BCUT2D eigenvalue weighted by molar-refractivity contribution is 0.317. The zero-order valence-electron chi connectivity index (χ0n) is 13.7. The topological polar surface area (TPSA) is 37.5 Å². The SMILES string of the molecule is Cc1ccc(-n2c(-c3ccccc3)cc3c2CCC/C3=N/O)cc1. The van der Waals surface area contributed by atoms with Crippen LogP contribution < -0.4 is 0 Å². The third-order valence-corrected chi connectivity index (χ3v) is 4.72. The third-order valence-electron chi connectivity index (χ3n) is 4.72. The summed E-state index contributed by atoms with van der Waals surface area (Å²) < 4.78 is 2.31. The molecular weight excluding hydrogens is 296 g/mol. The maximum Gasteiger partial charge on any atom is 0.0886 e. The Morgan fingerprint density at radius 2 is 1.71 bits per heavy atom. The predicted molar refractivity (Wildman–Crippen MR) is 97.2 cm³/mol. The summed E-state index contributed by atoms with van der Waals surface area (Å²) in [7, 11) is 0. The Labute approximate surface area is 141 Å². The van der Waals surface area contributed by atoms with Crippen LogP contribution in [0.15, 0.2) is 65.8 Å². The van der Waals surface area contributed by atoms with Gasteiger partial charge in [-0.3, -0.25) is 0 Å². The van der Waals surface area contributed by atoms with E-state index in [4.69, 9.17) is 0 Å². The van der Waals surface area contributed by atoms with Gasteiger partial charge in [-0.1, -0.05) is 53.2 Å². The van der Waals surface area contributed by atoms with Crippen LogP contribution in [-0.2, 0) is 6.42 Å². The minimum absolute atomic E-state index is 0.791. The molecule has 1 aromatic heterocycles. The molecule has 1 heterocycles. The van der Waals surface area contributed by atoms with Crippen LogP contribution in [0.1, 0.15) is 29.7 Å². The van der Waals surface area contributed by atoms with Crippen molar-refractivity contribution in [2.75, 3.05) is 0 Å². The molecule has 0 saturated heterocycles. The lowest BCUT2D eigenvalue weighted by Gasteiger charge is -2.18. The van der Waals surface area contributed by atoms with Crippen molar-refractivity contribution in [1.29, 1.82) is 0 Å². The van der Waals surface area contributed by atoms with Crippen LogP contribution in [0.2, 0.25) is 0 Å². The Bertz CT molecular complexity index is 890. The second-order valence-corrected chi connectivity index (χ2v) is 6.33. The first-order valence-electron chi connectivity index (χ1n) is 8.36. The maximum atomic E-state index is 9.39. The number of rotatable bonds is 2. The standard InChI is InChI=1S/C21H20N2O/c1-15-10-12-17(13-11-15)23-20-9-5-8-19(22-24)18(20)14-21(23)16-6-3-2-4-7-16/h2-4,6-7,10-14,24H,5,8-9H2,1H3/b22-19-. The van der Waals surface area contributed by atoms with Crippen molar-refractivity contribution in [1.82, 2.24) is 4.57 Å². The Hall–Kier alpha value is -2.81. The van der Waals surface area contributed by atoms with Crippen molar-refractivity contribution in [2.45, 2.75) is 26.2 Å². The molecular formula is C21H20N2O. The van der Waals surface area contributed by atoms with E-state index in [1.54, 1.807) is 0 Å². The fraction of sp³-hybridized carbons (Fsp3) is 0.190. The second-order valence-electron chi connectivity index (χ2n) is 6.33. The molecule has 4 rings (SSSR count). The number of hydrogen-bond acceptors (Lipinski definition) is 2. The van der Waals surface area contributed by atoms with Gasteiger partial charge in [-0.05, 0) is 49.9 Å². The molecule has 3 heteroatoms. The summed E-state index contributed by atoms with van der Waals surface area (Å²) in [4.78, 5) is 0. The summed E-state index contributed by atoms with van der Waals surface area (Å²) in [6, 6.07) is 21.2. The molecule has 0 unspecified atom stereocenters. The van der Waals surface area contributed by atoms with Gasteiger partial charge >= 0.3 is 0 Å². The van der Waals surface area contributed by atoms with Crippen molar-refractivity contribution in [3.63, 3.8) is 0 Å². The maximum absolute atomic E-state index is 9.39. The van der Waals surface area contributed by atoms with Gasteiger partial charge in [-0.25, -0.2) is 0 Å². The van der Waals surface area contributed by atoms with Crippen LogP contribution in [0, 0.1) is 6.92 Å². The minimum Gasteiger partial charge on any atom is -0.411 e. The Balaban J connectivity index is 1.99. The smallest absolute Gasteiger partial charge is 0.0886 e. The van der Waals surface area contributed by atoms with Gasteiger partial charge in [0.2, 0.25) is 0 Å². The van der Waals surface area contributed by atoms with E-state index in [1.165, 1.54) is 16.8 Å². The molecule has 0 radical (unpaired) electrons. The third kappa shape index (κ3) is 2.42. The normalized spacial score (nSPS) is 15.5. The van der Waals surface area contributed by atoms with Crippen LogP contribution in [0.4, 0.5) is 0 Å². The molecule has 0 fully saturated rings. The van der Waals surface area contributed by atoms with Crippen molar-refractivity contribution >= 4 is 5.71 Å². The number of benzene rings is 2. The molecule has 1 aliphatic rings. The molecule has 3 aromatic rings. The van der Waals surface area contributed by atoms with E-state index < -0.39 is 0 Å². The summed E-state index contributed by atoms with van der Waals surface area (Å²) in [6.07, 6.45) is 2.83. The molecule has 1 aliphatic carbocycles. The van der Waals surface area contributed by atoms with E-state index in [0.717, 1.165) is 41.9 Å². The van der Waals surface area contributed by atoms with Crippen molar-refractivity contribution in [3.05, 3.63) is 77.5 Å². The molecule has 0 bridgehead atoms. The molecule has 0 spiro atoms. The average molecular weight is 316 g/mol. The van der Waals surface area contributed by atoms with E-state index in [9.17, 15) is 5.21 Å². The Kier molecular flexibility index (Phi) is 3.69. The van der Waals surface area contributed by atoms with Crippen molar-refractivity contribution < 1.29 is 5.21 Å². The van der Waals surface area contributed by atoms with Gasteiger partial charge in [-0.2, -0.15) is 0 Å². The van der Waals surface area contributed by atoms with E-state index in [2.05, 4.69) is 71.2 Å². The summed E-state index contributed by atoms with van der Waals surface area (Å²) in [5.74, 6) is 0. The van der Waals surface area contributed by atoms with Gasteiger partial charge in [0.1, 0.15) is 0 Å². The zero-order valence-corrected chi connectivity index (χ0v) is 13.7. The Morgan fingerprint density at radius 1 is 0.958 bits per heavy atom. The zero-order chi connectivity index (χ0) is 16.5. The largest absolute Gasteiger partial charge is 0.411 e. The molecule has 3 nitrogen and oxygen atoms in total. The number of fused-ring (bicyclic) bond motifs is 1. The average Bonchev–Trinajstić information content (AvgIpc) is 3.03. The highest BCUT2D eigenvalue weighted by Crippen LogP contribution is 2.34. The van der Waals surface area contributed by atoms with E-state index >= 15 is 0 Å². The predicted octanol–water partition coefficient (Wildman–Crippen LogP) is 4.97. The lowest BCUT2D eigenvalue weighted by Crippen LogP contribution is -2.13. The number of hydrogen-bond donors (Lipinski definition) is 1. The lowest BCUT2D eigenvalue weighted by atomic mass is 9.95. The quantitative estimate of drug-likeness (QED) is 0.526. The van der Waals surface area contributed by atoms with Gasteiger partial charge in [0.25, 0.3) is 0 Å². The fourth-order valence-corrected chi connectivity index (χ4v) is 3.52. The van der Waals surface area contributed by atoms with Crippen LogP contribution in [0.25, 0.3) is 16.9 Å². The highest BCUT2D eigenvalue weighted by atomic mass is 16.4. The summed E-state index contributed by atoms with van der Waals surface area (Å²) in [5.41, 5.74) is 7.81. The highest BCUT2D eigenvalue weighted by Gasteiger charge is 2.24. The van der Waals surface area contributed by atoms with Gasteiger partial charge in [0.15, 0.2) is 0 Å². The first-order valence-corrected chi connectivity index (χ1v) is 8.36. The van der Waals surface area contributed by atoms with E-state index in [1.807, 2.05) is 6.07 Å². The van der Waals surface area contributed by atoms with Gasteiger partial charge < -0.3 is 9.77 Å². The first-order chi connectivity index (χ1) is 11.8. The van der Waals surface area contributed by atoms with E-state index in [0.29, 0.717) is 0 Å². The van der Waals surface area contributed by atoms with E-state index in [-0.39, 0.29) is 0 Å². The summed E-state index contributed by atoms with van der Waals surface area (Å²) in [5, 5.41) is 12.9. The van der Waals surface area contributed by atoms with Crippen molar-refractivity contribution in [2.24, 2.45) is 5.16 Å². The summed E-state index contributed by atoms with van der Waals surface area (Å²) in [6.45, 7) is 2.10. The number of aryl methyl sites for hydroxylation is 1. The van der Waals surface area contributed by atoms with Crippen LogP contribution in [0.5, 0.6) is 0 Å². The van der Waals surface area contributed by atoms with Gasteiger partial charge in [-0.15, -0.1) is 0 Å². The molecule has 0 aliphatic heterocycles. The molecule has 1 N–H and O–H groups in total. The van der Waals surface area contributed by atoms with Gasteiger partial charge in [0.05, 0.1) is 11.4 Å². The fourth-order valence-electron chi connectivity index (χ4n) is 3.52. The van der Waals surface area contributed by atoms with Crippen molar-refractivity contribution in [3.8, 4) is 16.9 Å². The van der Waals surface area contributed by atoms with Crippen LogP contribution in [-0.4, -0.2) is 15.5 Å². The highest BCUT2D eigenvalue weighted by molar-refractivity contribution is 6.03. The van der Waals surface area contributed by atoms with Crippen LogP contribution >= 0.6 is 0 Å². The molecule has 0 saturated carbocycles. The molecule has 0 atom stereocenters. The number of nitrogens with zero attached hydrogens (tertiary/aromatic N) is 2.